The fourth-order valence-electron chi connectivity index (χ4n) is 3.49. The van der Waals surface area contributed by atoms with Gasteiger partial charge in [0.25, 0.3) is 0 Å². The van der Waals surface area contributed by atoms with Gasteiger partial charge in [-0.3, -0.25) is 4.79 Å². The average Bonchev–Trinajstić information content (AvgIpc) is 3.11. The van der Waals surface area contributed by atoms with Gasteiger partial charge in [-0.05, 0) is 56.0 Å². The lowest BCUT2D eigenvalue weighted by atomic mass is 9.87. The molecule has 10 heteroatoms. The Kier molecular flexibility index (Phi) is 5.23. The number of rotatable bonds is 5. The van der Waals surface area contributed by atoms with Crippen LogP contribution in [0.2, 0.25) is 0 Å². The molecular formula is C20H19F3N4O3. The molecular weight excluding hydrogens is 401 g/mol. The van der Waals surface area contributed by atoms with Crippen LogP contribution in [-0.2, 0) is 11.0 Å². The Morgan fingerprint density at radius 3 is 2.43 bits per heavy atom. The lowest BCUT2D eigenvalue weighted by Gasteiger charge is -2.26. The zero-order valence-electron chi connectivity index (χ0n) is 15.8. The number of hydrogen-bond acceptors (Lipinski definition) is 5. The molecule has 7 nitrogen and oxygen atoms in total. The summed E-state index contributed by atoms with van der Waals surface area (Å²) in [6, 6.07) is 9.84. The molecule has 0 saturated heterocycles. The van der Waals surface area contributed by atoms with Gasteiger partial charge >= 0.3 is 12.1 Å². The number of anilines is 2. The monoisotopic (exact) mass is 420 g/mol. The van der Waals surface area contributed by atoms with Crippen molar-refractivity contribution in [2.24, 2.45) is 5.92 Å². The number of nitrogens with zero attached hydrogens (tertiary/aromatic N) is 3. The molecule has 2 heterocycles. The Bertz CT molecular complexity index is 1040. The molecule has 0 unspecified atom stereocenters. The predicted octanol–water partition coefficient (Wildman–Crippen LogP) is 4.51. The number of aliphatic carboxylic acids is 1. The van der Waals surface area contributed by atoms with Gasteiger partial charge < -0.3 is 15.2 Å². The third-order valence-electron chi connectivity index (χ3n) is 5.10. The lowest BCUT2D eigenvalue weighted by molar-refractivity contribution is -0.143. The number of fused-ring (bicyclic) bond motifs is 1. The number of halogens is 3. The molecule has 0 aliphatic heterocycles. The van der Waals surface area contributed by atoms with E-state index in [-0.39, 0.29) is 18.0 Å². The van der Waals surface area contributed by atoms with Crippen LogP contribution in [0, 0.1) is 5.92 Å². The molecule has 2 aromatic heterocycles. The van der Waals surface area contributed by atoms with E-state index < -0.39 is 17.7 Å². The number of nitrogens with one attached hydrogen (secondary N) is 1. The van der Waals surface area contributed by atoms with Gasteiger partial charge in [-0.1, -0.05) is 6.07 Å². The summed E-state index contributed by atoms with van der Waals surface area (Å²) in [6.45, 7) is 0. The minimum Gasteiger partial charge on any atom is -0.481 e. The number of hydrogen-bond donors (Lipinski definition) is 2. The van der Waals surface area contributed by atoms with Crippen molar-refractivity contribution in [1.82, 2.24) is 14.6 Å². The smallest absolute Gasteiger partial charge is 0.416 e. The maximum atomic E-state index is 12.7. The highest BCUT2D eigenvalue weighted by atomic mass is 19.4. The topological polar surface area (TPSA) is 88.8 Å². The summed E-state index contributed by atoms with van der Waals surface area (Å²) in [4.78, 5) is 15.4. The largest absolute Gasteiger partial charge is 0.481 e. The van der Waals surface area contributed by atoms with Gasteiger partial charge in [0.05, 0.1) is 11.5 Å². The molecule has 0 atom stereocenters. The second-order valence-corrected chi connectivity index (χ2v) is 7.20. The normalized spacial score (nSPS) is 19.6. The van der Waals surface area contributed by atoms with E-state index in [1.165, 1.54) is 16.6 Å². The van der Waals surface area contributed by atoms with Crippen molar-refractivity contribution in [2.45, 2.75) is 38.0 Å². The first kappa shape index (κ1) is 20.0. The minimum atomic E-state index is -4.39. The molecule has 0 spiro atoms. The zero-order chi connectivity index (χ0) is 21.3. The highest BCUT2D eigenvalue weighted by molar-refractivity contribution is 5.70. The Morgan fingerprint density at radius 2 is 1.80 bits per heavy atom. The van der Waals surface area contributed by atoms with Crippen LogP contribution in [0.5, 0.6) is 5.88 Å². The summed E-state index contributed by atoms with van der Waals surface area (Å²) in [5.74, 6) is -0.406. The highest BCUT2D eigenvalue weighted by Crippen LogP contribution is 2.31. The van der Waals surface area contributed by atoms with Crippen LogP contribution >= 0.6 is 0 Å². The van der Waals surface area contributed by atoms with Crippen LogP contribution < -0.4 is 10.1 Å². The third kappa shape index (κ3) is 4.32. The average molecular weight is 420 g/mol. The first-order chi connectivity index (χ1) is 14.3. The minimum absolute atomic E-state index is 0.110. The summed E-state index contributed by atoms with van der Waals surface area (Å²) in [6.07, 6.45) is -2.10. The van der Waals surface area contributed by atoms with Crippen LogP contribution in [0.25, 0.3) is 5.65 Å². The van der Waals surface area contributed by atoms with Gasteiger partial charge in [0, 0.05) is 11.8 Å². The number of ether oxygens (including phenoxy) is 1. The fourth-order valence-corrected chi connectivity index (χ4v) is 3.49. The summed E-state index contributed by atoms with van der Waals surface area (Å²) in [7, 11) is 0. The number of carboxylic acids is 1. The maximum absolute atomic E-state index is 12.7. The van der Waals surface area contributed by atoms with Crippen molar-refractivity contribution in [3.05, 3.63) is 48.0 Å². The van der Waals surface area contributed by atoms with Gasteiger partial charge in [-0.25, -0.2) is 0 Å². The van der Waals surface area contributed by atoms with Crippen LogP contribution in [0.3, 0.4) is 0 Å². The quantitative estimate of drug-likeness (QED) is 0.631. The van der Waals surface area contributed by atoms with E-state index in [1.807, 2.05) is 0 Å². The van der Waals surface area contributed by atoms with Crippen LogP contribution in [0.15, 0.2) is 42.5 Å². The maximum Gasteiger partial charge on any atom is 0.416 e. The van der Waals surface area contributed by atoms with Gasteiger partial charge in [0.1, 0.15) is 6.10 Å². The van der Waals surface area contributed by atoms with Gasteiger partial charge in [-0.2, -0.15) is 22.7 Å². The third-order valence-corrected chi connectivity index (χ3v) is 5.10. The van der Waals surface area contributed by atoms with E-state index in [0.717, 1.165) is 12.1 Å². The summed E-state index contributed by atoms with van der Waals surface area (Å²) in [5.41, 5.74) is 0.207. The zero-order valence-corrected chi connectivity index (χ0v) is 15.8. The van der Waals surface area contributed by atoms with E-state index >= 15 is 0 Å². The molecule has 1 aromatic carbocycles. The molecule has 1 fully saturated rings. The van der Waals surface area contributed by atoms with Crippen molar-refractivity contribution in [3.8, 4) is 5.88 Å². The predicted molar refractivity (Wildman–Crippen MR) is 102 cm³/mol. The van der Waals surface area contributed by atoms with Crippen LogP contribution in [0.1, 0.15) is 31.2 Å². The van der Waals surface area contributed by atoms with Crippen molar-refractivity contribution in [3.63, 3.8) is 0 Å². The van der Waals surface area contributed by atoms with E-state index in [1.54, 1.807) is 18.2 Å². The SMILES string of the molecule is O=C(O)[C@H]1CC[C@H](Oc2cccc3nc(Nc4ccc(C(F)(F)F)cc4)nn23)CC1. The Hall–Kier alpha value is -3.30. The number of alkyl halides is 3. The van der Waals surface area contributed by atoms with Crippen molar-refractivity contribution in [1.29, 1.82) is 0 Å². The van der Waals surface area contributed by atoms with Crippen LogP contribution in [-0.4, -0.2) is 31.8 Å². The van der Waals surface area contributed by atoms with E-state index in [0.29, 0.717) is 42.9 Å². The first-order valence-corrected chi connectivity index (χ1v) is 9.49. The molecule has 1 saturated carbocycles. The fraction of sp³-hybridized carbons (Fsp3) is 0.350. The number of aromatic nitrogens is 3. The molecule has 0 bridgehead atoms. The molecule has 0 radical (unpaired) electrons. The van der Waals surface area contributed by atoms with Gasteiger partial charge in [0.15, 0.2) is 5.65 Å². The molecule has 158 valence electrons. The number of pyridine rings is 1. The van der Waals surface area contributed by atoms with E-state index in [2.05, 4.69) is 15.4 Å². The highest BCUT2D eigenvalue weighted by Gasteiger charge is 2.30. The van der Waals surface area contributed by atoms with E-state index in [9.17, 15) is 18.0 Å². The Morgan fingerprint density at radius 1 is 1.10 bits per heavy atom. The Balaban J connectivity index is 1.48. The van der Waals surface area contributed by atoms with Crippen molar-refractivity contribution in [2.75, 3.05) is 5.32 Å². The molecule has 2 N–H and O–H groups in total. The summed E-state index contributed by atoms with van der Waals surface area (Å²) in [5, 5.41) is 16.3. The number of benzene rings is 1. The van der Waals surface area contributed by atoms with Gasteiger partial charge in [0.2, 0.25) is 11.8 Å². The number of carboxylic acid groups (broad SMARTS) is 1. The van der Waals surface area contributed by atoms with Crippen LogP contribution in [0.4, 0.5) is 24.8 Å². The molecule has 1 aliphatic carbocycles. The summed E-state index contributed by atoms with van der Waals surface area (Å²) >= 11 is 0. The summed E-state index contributed by atoms with van der Waals surface area (Å²) < 4.78 is 45.6. The molecule has 1 aliphatic rings. The molecule has 0 amide bonds. The van der Waals surface area contributed by atoms with Crippen molar-refractivity contribution >= 4 is 23.3 Å². The second-order valence-electron chi connectivity index (χ2n) is 7.20. The molecule has 30 heavy (non-hydrogen) atoms. The molecule has 4 rings (SSSR count). The van der Waals surface area contributed by atoms with E-state index in [4.69, 9.17) is 9.84 Å². The second kappa shape index (κ2) is 7.85. The van der Waals surface area contributed by atoms with Crippen molar-refractivity contribution < 1.29 is 27.8 Å². The Labute approximate surface area is 169 Å². The van der Waals surface area contributed by atoms with Gasteiger partial charge in [-0.15, -0.1) is 5.10 Å². The standard InChI is InChI=1S/C20H19F3N4O3/c21-20(22,23)13-6-8-14(9-7-13)24-19-25-16-2-1-3-17(27(16)26-19)30-15-10-4-12(5-11-15)18(28)29/h1-3,6-9,12,15H,4-5,10-11H2,(H,24,26)(H,28,29)/t12-,15-. The lowest BCUT2D eigenvalue weighted by Crippen LogP contribution is -2.28. The molecule has 3 aromatic rings. The first-order valence-electron chi connectivity index (χ1n) is 9.49. The number of carbonyl (C=O) groups is 1.